The first-order valence-electron chi connectivity index (χ1n) is 5.68. The van der Waals surface area contributed by atoms with E-state index in [2.05, 4.69) is 22.0 Å². The molecule has 3 heteroatoms. The lowest BCUT2D eigenvalue weighted by Crippen LogP contribution is -1.94. The molecule has 2 nitrogen and oxygen atoms in total. The minimum atomic E-state index is -0.0585. The predicted octanol–water partition coefficient (Wildman–Crippen LogP) is 4.22. The summed E-state index contributed by atoms with van der Waals surface area (Å²) in [6, 6.07) is 16.4. The summed E-state index contributed by atoms with van der Waals surface area (Å²) in [5.74, 6) is -0.0585. The lowest BCUT2D eigenvalue weighted by molar-refractivity contribution is 0.104. The summed E-state index contributed by atoms with van der Waals surface area (Å²) in [5.41, 5.74) is 2.13. The molecule has 0 atom stereocenters. The Kier molecular flexibility index (Phi) is 4.27. The highest BCUT2D eigenvalue weighted by Gasteiger charge is 2.05. The van der Waals surface area contributed by atoms with Gasteiger partial charge in [0.25, 0.3) is 0 Å². The molecule has 19 heavy (non-hydrogen) atoms. The van der Waals surface area contributed by atoms with Crippen LogP contribution in [0.1, 0.15) is 21.5 Å². The van der Waals surface area contributed by atoms with Gasteiger partial charge in [-0.2, -0.15) is 5.26 Å². The molecule has 0 saturated carbocycles. The van der Waals surface area contributed by atoms with Crippen molar-refractivity contribution in [3.63, 3.8) is 0 Å². The number of carbonyl (C=O) groups is 1. The van der Waals surface area contributed by atoms with Gasteiger partial charge in [0.1, 0.15) is 0 Å². The van der Waals surface area contributed by atoms with E-state index in [1.807, 2.05) is 30.3 Å². The van der Waals surface area contributed by atoms with Crippen molar-refractivity contribution in [1.82, 2.24) is 0 Å². The van der Waals surface area contributed by atoms with Crippen LogP contribution in [0.15, 0.2) is 59.1 Å². The van der Waals surface area contributed by atoms with E-state index < -0.39 is 0 Å². The lowest BCUT2D eigenvalue weighted by atomic mass is 10.1. The van der Waals surface area contributed by atoms with Crippen LogP contribution in [0.3, 0.4) is 0 Å². The van der Waals surface area contributed by atoms with Gasteiger partial charge < -0.3 is 0 Å². The quantitative estimate of drug-likeness (QED) is 0.629. The lowest BCUT2D eigenvalue weighted by Gasteiger charge is -1.99. The zero-order valence-electron chi connectivity index (χ0n) is 10.0. The highest BCUT2D eigenvalue weighted by molar-refractivity contribution is 9.10. The van der Waals surface area contributed by atoms with Crippen LogP contribution in [-0.2, 0) is 0 Å². The Morgan fingerprint density at radius 3 is 2.42 bits per heavy atom. The van der Waals surface area contributed by atoms with Crippen molar-refractivity contribution in [2.75, 3.05) is 0 Å². The van der Waals surface area contributed by atoms with Crippen LogP contribution in [0.4, 0.5) is 0 Å². The fraction of sp³-hybridized carbons (Fsp3) is 0. The molecule has 0 saturated heterocycles. The summed E-state index contributed by atoms with van der Waals surface area (Å²) in [7, 11) is 0. The van der Waals surface area contributed by atoms with E-state index in [0.717, 1.165) is 10.0 Å². The number of hydrogen-bond donors (Lipinski definition) is 0. The molecule has 2 aromatic rings. The highest BCUT2D eigenvalue weighted by atomic mass is 79.9. The van der Waals surface area contributed by atoms with Crippen molar-refractivity contribution in [2.24, 2.45) is 0 Å². The third kappa shape index (κ3) is 3.40. The van der Waals surface area contributed by atoms with Crippen LogP contribution in [0.5, 0.6) is 0 Å². The fourth-order valence-electron chi connectivity index (χ4n) is 1.59. The second kappa shape index (κ2) is 6.12. The molecule has 0 bridgehead atoms. The molecule has 0 unspecified atom stereocenters. The molecule has 0 N–H and O–H groups in total. The third-order valence-corrected chi connectivity index (χ3v) is 3.30. The number of rotatable bonds is 3. The molecule has 2 aromatic carbocycles. The maximum atomic E-state index is 12.0. The van der Waals surface area contributed by atoms with Gasteiger partial charge in [-0.3, -0.25) is 4.79 Å². The second-order valence-corrected chi connectivity index (χ2v) is 4.77. The number of carbonyl (C=O) groups excluding carboxylic acids is 1. The van der Waals surface area contributed by atoms with E-state index in [9.17, 15) is 4.79 Å². The summed E-state index contributed by atoms with van der Waals surface area (Å²) in [5, 5.41) is 8.70. The molecule has 0 aliphatic carbocycles. The zero-order chi connectivity index (χ0) is 13.7. The van der Waals surface area contributed by atoms with Gasteiger partial charge in [0.05, 0.1) is 11.6 Å². The van der Waals surface area contributed by atoms with Crippen molar-refractivity contribution in [2.45, 2.75) is 0 Å². The van der Waals surface area contributed by atoms with E-state index in [4.69, 9.17) is 5.26 Å². The van der Waals surface area contributed by atoms with Crippen molar-refractivity contribution in [1.29, 1.82) is 5.26 Å². The minimum absolute atomic E-state index is 0.0585. The summed E-state index contributed by atoms with van der Waals surface area (Å²) in [4.78, 5) is 12.0. The van der Waals surface area contributed by atoms with E-state index >= 15 is 0 Å². The van der Waals surface area contributed by atoms with Crippen LogP contribution in [-0.4, -0.2) is 5.78 Å². The van der Waals surface area contributed by atoms with E-state index in [-0.39, 0.29) is 5.78 Å². The Bertz CT molecular complexity index is 666. The molecule has 0 aliphatic rings. The number of benzene rings is 2. The summed E-state index contributed by atoms with van der Waals surface area (Å²) < 4.78 is 0.782. The maximum absolute atomic E-state index is 12.0. The largest absolute Gasteiger partial charge is 0.289 e. The van der Waals surface area contributed by atoms with Crippen molar-refractivity contribution < 1.29 is 4.79 Å². The minimum Gasteiger partial charge on any atom is -0.289 e. The number of hydrogen-bond acceptors (Lipinski definition) is 2. The van der Waals surface area contributed by atoms with Crippen LogP contribution < -0.4 is 0 Å². The van der Waals surface area contributed by atoms with Gasteiger partial charge in [0, 0.05) is 10.0 Å². The van der Waals surface area contributed by atoms with Crippen LogP contribution in [0.25, 0.3) is 6.08 Å². The van der Waals surface area contributed by atoms with E-state index in [1.165, 1.54) is 6.08 Å². The monoisotopic (exact) mass is 311 g/mol. The SMILES string of the molecule is N#Cc1ccc(/C=C/C(=O)c2ccccc2Br)cc1. The molecule has 0 amide bonds. The first-order chi connectivity index (χ1) is 9.20. The van der Waals surface area contributed by atoms with E-state index in [1.54, 1.807) is 24.3 Å². The van der Waals surface area contributed by atoms with Crippen LogP contribution >= 0.6 is 15.9 Å². The first kappa shape index (κ1) is 13.3. The predicted molar refractivity (Wildman–Crippen MR) is 78.7 cm³/mol. The first-order valence-corrected chi connectivity index (χ1v) is 6.47. The number of ketones is 1. The Morgan fingerprint density at radius 1 is 1.11 bits per heavy atom. The molecule has 0 aromatic heterocycles. The standard InChI is InChI=1S/C16H10BrNO/c17-15-4-2-1-3-14(15)16(19)10-9-12-5-7-13(11-18)8-6-12/h1-10H/b10-9+. The van der Waals surface area contributed by atoms with Crippen molar-refractivity contribution in [3.8, 4) is 6.07 Å². The normalized spacial score (nSPS) is 10.3. The Hall–Kier alpha value is -2.18. The molecule has 92 valence electrons. The van der Waals surface area contributed by atoms with Crippen molar-refractivity contribution in [3.05, 3.63) is 75.8 Å². The van der Waals surface area contributed by atoms with Crippen LogP contribution in [0.2, 0.25) is 0 Å². The summed E-state index contributed by atoms with van der Waals surface area (Å²) in [6.07, 6.45) is 3.27. The maximum Gasteiger partial charge on any atom is 0.186 e. The number of halogens is 1. The molecular formula is C16H10BrNO. The zero-order valence-corrected chi connectivity index (χ0v) is 11.6. The molecule has 0 aliphatic heterocycles. The van der Waals surface area contributed by atoms with Crippen molar-refractivity contribution >= 4 is 27.8 Å². The topological polar surface area (TPSA) is 40.9 Å². The Labute approximate surface area is 120 Å². The highest BCUT2D eigenvalue weighted by Crippen LogP contribution is 2.17. The second-order valence-electron chi connectivity index (χ2n) is 3.91. The van der Waals surface area contributed by atoms with Gasteiger partial charge in [-0.05, 0) is 35.9 Å². The summed E-state index contributed by atoms with van der Waals surface area (Å²) >= 11 is 3.35. The molecular weight excluding hydrogens is 302 g/mol. The molecule has 0 heterocycles. The van der Waals surface area contributed by atoms with E-state index in [0.29, 0.717) is 11.1 Å². The average molecular weight is 312 g/mol. The summed E-state index contributed by atoms with van der Waals surface area (Å²) in [6.45, 7) is 0. The molecule has 0 fully saturated rings. The number of nitrogens with zero attached hydrogens (tertiary/aromatic N) is 1. The van der Waals surface area contributed by atoms with Crippen LogP contribution in [0, 0.1) is 11.3 Å². The Balaban J connectivity index is 2.16. The van der Waals surface area contributed by atoms with Gasteiger partial charge in [-0.15, -0.1) is 0 Å². The molecule has 0 spiro atoms. The van der Waals surface area contributed by atoms with Gasteiger partial charge >= 0.3 is 0 Å². The average Bonchev–Trinajstić information content (AvgIpc) is 2.46. The van der Waals surface area contributed by atoms with Gasteiger partial charge in [-0.25, -0.2) is 0 Å². The number of allylic oxidation sites excluding steroid dienone is 1. The third-order valence-electron chi connectivity index (χ3n) is 2.61. The Morgan fingerprint density at radius 2 is 1.79 bits per heavy atom. The fourth-order valence-corrected chi connectivity index (χ4v) is 2.07. The smallest absolute Gasteiger partial charge is 0.186 e. The van der Waals surface area contributed by atoms with Gasteiger partial charge in [0.2, 0.25) is 0 Å². The molecule has 0 radical (unpaired) electrons. The number of nitriles is 1. The van der Waals surface area contributed by atoms with Gasteiger partial charge in [0.15, 0.2) is 5.78 Å². The van der Waals surface area contributed by atoms with Gasteiger partial charge in [-0.1, -0.05) is 46.3 Å². The molecule has 2 rings (SSSR count).